The van der Waals surface area contributed by atoms with Crippen LogP contribution in [-0.2, 0) is 33.5 Å². The molecule has 3 rings (SSSR count). The molecule has 0 bridgehead atoms. The van der Waals surface area contributed by atoms with Gasteiger partial charge < -0.3 is 36.6 Å². The Kier molecular flexibility index (Phi) is 15.3. The van der Waals surface area contributed by atoms with Gasteiger partial charge in [-0.2, -0.15) is 0 Å². The molecular formula is C35H58N6O8. The zero-order chi connectivity index (χ0) is 36.1. The van der Waals surface area contributed by atoms with Crippen LogP contribution in [-0.4, -0.2) is 89.2 Å². The normalized spacial score (nSPS) is 20.7. The summed E-state index contributed by atoms with van der Waals surface area (Å²) in [5, 5.41) is 10.4. The van der Waals surface area contributed by atoms with E-state index in [2.05, 4.69) is 21.3 Å². The zero-order valence-corrected chi connectivity index (χ0v) is 29.8. The molecule has 1 unspecified atom stereocenters. The first kappa shape index (κ1) is 39.7. The lowest BCUT2D eigenvalue weighted by atomic mass is 9.83. The summed E-state index contributed by atoms with van der Waals surface area (Å²) in [6.07, 6.45) is 10.6. The van der Waals surface area contributed by atoms with Crippen LogP contribution in [0.3, 0.4) is 0 Å². The minimum Gasteiger partial charge on any atom is -0.444 e. The fourth-order valence-electron chi connectivity index (χ4n) is 7.23. The van der Waals surface area contributed by atoms with Crippen LogP contribution in [0.25, 0.3) is 0 Å². The van der Waals surface area contributed by atoms with E-state index >= 15 is 0 Å². The molecular weight excluding hydrogens is 632 g/mol. The molecule has 0 spiro atoms. The number of likely N-dealkylation sites (tertiary alicyclic amines) is 1. The molecule has 6 N–H and O–H groups in total. The molecule has 14 heteroatoms. The number of hydrogen-bond donors (Lipinski definition) is 5. The third-order valence-electron chi connectivity index (χ3n) is 9.75. The number of ether oxygens (including phenoxy) is 1. The number of rotatable bonds is 15. The molecule has 3 fully saturated rings. The van der Waals surface area contributed by atoms with E-state index in [-0.39, 0.29) is 24.2 Å². The average Bonchev–Trinajstić information content (AvgIpc) is 3.56. The predicted molar refractivity (Wildman–Crippen MR) is 182 cm³/mol. The highest BCUT2D eigenvalue weighted by Crippen LogP contribution is 2.30. The van der Waals surface area contributed by atoms with Crippen LogP contribution in [0.2, 0.25) is 0 Å². The summed E-state index contributed by atoms with van der Waals surface area (Å²) in [6, 6.07) is -3.76. The quantitative estimate of drug-likeness (QED) is 0.161. The van der Waals surface area contributed by atoms with Gasteiger partial charge in [-0.25, -0.2) is 4.79 Å². The van der Waals surface area contributed by atoms with Crippen LogP contribution in [0, 0.1) is 11.8 Å². The van der Waals surface area contributed by atoms with Crippen molar-refractivity contribution in [2.75, 3.05) is 13.1 Å². The van der Waals surface area contributed by atoms with E-state index in [1.54, 1.807) is 20.8 Å². The van der Waals surface area contributed by atoms with E-state index in [1.165, 1.54) is 4.90 Å². The van der Waals surface area contributed by atoms with Crippen molar-refractivity contribution < 1.29 is 38.3 Å². The number of amides is 6. The molecule has 0 radical (unpaired) electrons. The second kappa shape index (κ2) is 18.9. The third kappa shape index (κ3) is 12.3. The first-order valence-corrected chi connectivity index (χ1v) is 18.2. The number of hydrogen-bond acceptors (Lipinski definition) is 8. The Morgan fingerprint density at radius 1 is 0.796 bits per heavy atom. The topological polar surface area (TPSA) is 206 Å². The number of primary amides is 1. The van der Waals surface area contributed by atoms with Crippen molar-refractivity contribution in [3.8, 4) is 0 Å². The van der Waals surface area contributed by atoms with Gasteiger partial charge >= 0.3 is 6.09 Å². The Bertz CT molecular complexity index is 1190. The molecule has 1 saturated heterocycles. The van der Waals surface area contributed by atoms with Gasteiger partial charge in [0.15, 0.2) is 0 Å². The summed E-state index contributed by atoms with van der Waals surface area (Å²) in [5.41, 5.74) is 4.79. The SMILES string of the molecule is CCCCC(NC(=O)[C@@H]1CCCN1C(=O)[C@@H](NC(=O)OC(C)(C)C)C1CCCCC1)C(=O)C(=O)NCC(=O)N[C@H](C(N)=O)C1CCCCC1. The van der Waals surface area contributed by atoms with Crippen LogP contribution >= 0.6 is 0 Å². The van der Waals surface area contributed by atoms with Crippen molar-refractivity contribution in [3.63, 3.8) is 0 Å². The minimum atomic E-state index is -1.16. The Labute approximate surface area is 290 Å². The second-order valence-electron chi connectivity index (χ2n) is 14.8. The molecule has 49 heavy (non-hydrogen) atoms. The van der Waals surface area contributed by atoms with Gasteiger partial charge in [-0.15, -0.1) is 0 Å². The zero-order valence-electron chi connectivity index (χ0n) is 29.8. The maximum atomic E-state index is 14.0. The number of carbonyl (C=O) groups is 7. The Hall–Kier alpha value is -3.71. The molecule has 1 aliphatic heterocycles. The molecule has 14 nitrogen and oxygen atoms in total. The molecule has 6 amide bonds. The number of nitrogens with one attached hydrogen (secondary N) is 4. The van der Waals surface area contributed by atoms with Gasteiger partial charge in [0.25, 0.3) is 5.91 Å². The molecule has 0 aromatic heterocycles. The standard InChI is InChI=1S/C35H58N6O8/c1-5-6-18-24(29(43)32(46)37-21-26(42)39-27(30(36)44)22-14-9-7-10-15-22)38-31(45)25-19-13-20-41(25)33(47)28(23-16-11-8-12-17-23)40-34(48)49-35(2,3)4/h22-25,27-28H,5-21H2,1-4H3,(H2,36,44)(H,37,46)(H,38,45)(H,39,42)(H,40,48)/t24?,25-,27-,28-/m0/s1. The molecule has 4 atom stereocenters. The van der Waals surface area contributed by atoms with Gasteiger partial charge in [0.05, 0.1) is 12.6 Å². The lowest BCUT2D eigenvalue weighted by molar-refractivity contribution is -0.143. The highest BCUT2D eigenvalue weighted by Gasteiger charge is 2.42. The van der Waals surface area contributed by atoms with Crippen LogP contribution in [0.5, 0.6) is 0 Å². The molecule has 276 valence electrons. The lowest BCUT2D eigenvalue weighted by Crippen LogP contribution is -2.58. The Morgan fingerprint density at radius 2 is 1.39 bits per heavy atom. The summed E-state index contributed by atoms with van der Waals surface area (Å²) >= 11 is 0. The van der Waals surface area contributed by atoms with E-state index < -0.39 is 71.8 Å². The first-order valence-electron chi connectivity index (χ1n) is 18.2. The maximum absolute atomic E-state index is 14.0. The van der Waals surface area contributed by atoms with Crippen LogP contribution in [0.15, 0.2) is 0 Å². The molecule has 2 aliphatic carbocycles. The van der Waals surface area contributed by atoms with Crippen LogP contribution in [0.4, 0.5) is 4.79 Å². The van der Waals surface area contributed by atoms with Gasteiger partial charge in [-0.1, -0.05) is 58.3 Å². The number of nitrogens with two attached hydrogens (primary N) is 1. The van der Waals surface area contributed by atoms with Gasteiger partial charge in [0.2, 0.25) is 29.4 Å². The minimum absolute atomic E-state index is 0.0748. The summed E-state index contributed by atoms with van der Waals surface area (Å²) in [5.74, 6) is -4.32. The monoisotopic (exact) mass is 690 g/mol. The predicted octanol–water partition coefficient (Wildman–Crippen LogP) is 2.36. The Morgan fingerprint density at radius 3 is 1.94 bits per heavy atom. The number of unbranched alkanes of at least 4 members (excludes halogenated alkanes) is 1. The fraction of sp³-hybridized carbons (Fsp3) is 0.800. The highest BCUT2D eigenvalue weighted by molar-refractivity contribution is 6.38. The summed E-state index contributed by atoms with van der Waals surface area (Å²) < 4.78 is 5.46. The number of carbonyl (C=O) groups excluding carboxylic acids is 7. The number of Topliss-reactive ketones (excluding diaryl/α,β-unsaturated/α-hetero) is 1. The highest BCUT2D eigenvalue weighted by atomic mass is 16.6. The summed E-state index contributed by atoms with van der Waals surface area (Å²) in [7, 11) is 0. The van der Waals surface area contributed by atoms with Gasteiger partial charge in [0, 0.05) is 6.54 Å². The molecule has 3 aliphatic rings. The van der Waals surface area contributed by atoms with E-state index in [1.807, 2.05) is 6.92 Å². The van der Waals surface area contributed by atoms with Crippen molar-refractivity contribution in [2.24, 2.45) is 17.6 Å². The smallest absolute Gasteiger partial charge is 0.408 e. The average molecular weight is 691 g/mol. The summed E-state index contributed by atoms with van der Waals surface area (Å²) in [6.45, 7) is 6.92. The van der Waals surface area contributed by atoms with Crippen molar-refractivity contribution in [2.45, 2.75) is 154 Å². The molecule has 2 saturated carbocycles. The number of alkyl carbamates (subject to hydrolysis) is 1. The fourth-order valence-corrected chi connectivity index (χ4v) is 7.23. The van der Waals surface area contributed by atoms with Crippen LogP contribution in [0.1, 0.15) is 124 Å². The first-order chi connectivity index (χ1) is 23.2. The maximum Gasteiger partial charge on any atom is 0.408 e. The molecule has 0 aromatic rings. The van der Waals surface area contributed by atoms with Gasteiger partial charge in [-0.05, 0) is 77.6 Å². The van der Waals surface area contributed by atoms with Crippen molar-refractivity contribution in [3.05, 3.63) is 0 Å². The van der Waals surface area contributed by atoms with Crippen molar-refractivity contribution >= 4 is 41.4 Å². The van der Waals surface area contributed by atoms with E-state index in [9.17, 15) is 33.6 Å². The van der Waals surface area contributed by atoms with E-state index in [0.717, 1.165) is 64.2 Å². The Balaban J connectivity index is 1.65. The van der Waals surface area contributed by atoms with Crippen LogP contribution < -0.4 is 27.0 Å². The van der Waals surface area contributed by atoms with E-state index in [4.69, 9.17) is 10.5 Å². The van der Waals surface area contributed by atoms with E-state index in [0.29, 0.717) is 32.2 Å². The lowest BCUT2D eigenvalue weighted by Gasteiger charge is -2.35. The third-order valence-corrected chi connectivity index (χ3v) is 9.75. The molecule has 1 heterocycles. The van der Waals surface area contributed by atoms with Crippen molar-refractivity contribution in [1.82, 2.24) is 26.2 Å². The number of nitrogens with zero attached hydrogens (tertiary/aromatic N) is 1. The summed E-state index contributed by atoms with van der Waals surface area (Å²) in [4.78, 5) is 92.8. The molecule has 0 aromatic carbocycles. The van der Waals surface area contributed by atoms with Gasteiger partial charge in [0.1, 0.15) is 23.7 Å². The van der Waals surface area contributed by atoms with Crippen molar-refractivity contribution in [1.29, 1.82) is 0 Å². The largest absolute Gasteiger partial charge is 0.444 e. The van der Waals surface area contributed by atoms with Gasteiger partial charge in [-0.3, -0.25) is 28.8 Å². The number of ketones is 1. The second-order valence-corrected chi connectivity index (χ2v) is 14.8.